The van der Waals surface area contributed by atoms with Crippen molar-refractivity contribution >= 4 is 18.5 Å². The van der Waals surface area contributed by atoms with Crippen LogP contribution in [0.1, 0.15) is 20.3 Å². The highest BCUT2D eigenvalue weighted by molar-refractivity contribution is 7.81. The number of hydrogen-bond acceptors (Lipinski definition) is 3. The summed E-state index contributed by atoms with van der Waals surface area (Å²) in [7, 11) is 0. The summed E-state index contributed by atoms with van der Waals surface area (Å²) in [6.45, 7) is 3.50. The highest BCUT2D eigenvalue weighted by atomic mass is 32.1. The Bertz CT molecular complexity index is 136. The standard InChI is InChI=1S/C6H14N2OS/c1-3-4(10)6(2,8)5(7)9/h4,10H,3,8H2,1-2H3,(H2,7,9)/t4?,6-/m1/s1. The zero-order chi connectivity index (χ0) is 8.36. The van der Waals surface area contributed by atoms with E-state index in [0.29, 0.717) is 0 Å². The van der Waals surface area contributed by atoms with Gasteiger partial charge < -0.3 is 11.5 Å². The molecule has 3 nitrogen and oxygen atoms in total. The summed E-state index contributed by atoms with van der Waals surface area (Å²) in [4.78, 5) is 10.7. The number of nitrogens with two attached hydrogens (primary N) is 2. The van der Waals surface area contributed by atoms with Crippen molar-refractivity contribution in [2.24, 2.45) is 11.5 Å². The molecule has 0 saturated carbocycles. The van der Waals surface area contributed by atoms with Crippen LogP contribution in [0.2, 0.25) is 0 Å². The van der Waals surface area contributed by atoms with Crippen LogP contribution in [0.3, 0.4) is 0 Å². The maximum absolute atomic E-state index is 10.7. The minimum absolute atomic E-state index is 0.162. The van der Waals surface area contributed by atoms with Crippen LogP contribution < -0.4 is 11.5 Å². The van der Waals surface area contributed by atoms with Gasteiger partial charge in [-0.05, 0) is 13.3 Å². The second kappa shape index (κ2) is 3.25. The summed E-state index contributed by atoms with van der Waals surface area (Å²) in [5.74, 6) is -0.505. The Morgan fingerprint density at radius 1 is 1.80 bits per heavy atom. The van der Waals surface area contributed by atoms with Crippen LogP contribution in [0.25, 0.3) is 0 Å². The summed E-state index contributed by atoms with van der Waals surface area (Å²) in [6, 6.07) is 0. The number of amides is 1. The molecular weight excluding hydrogens is 148 g/mol. The molecule has 0 heterocycles. The fourth-order valence-electron chi connectivity index (χ4n) is 0.588. The van der Waals surface area contributed by atoms with E-state index >= 15 is 0 Å². The van der Waals surface area contributed by atoms with E-state index in [0.717, 1.165) is 6.42 Å². The van der Waals surface area contributed by atoms with Crippen LogP contribution in [0.4, 0.5) is 0 Å². The molecule has 2 atom stereocenters. The van der Waals surface area contributed by atoms with Gasteiger partial charge in [-0.25, -0.2) is 0 Å². The average molecular weight is 162 g/mol. The van der Waals surface area contributed by atoms with Gasteiger partial charge in [-0.1, -0.05) is 6.92 Å². The lowest BCUT2D eigenvalue weighted by Gasteiger charge is -2.25. The van der Waals surface area contributed by atoms with Gasteiger partial charge in [0.25, 0.3) is 0 Å². The number of hydrogen-bond donors (Lipinski definition) is 3. The molecule has 0 aliphatic heterocycles. The fraction of sp³-hybridized carbons (Fsp3) is 0.833. The van der Waals surface area contributed by atoms with Gasteiger partial charge in [-0.2, -0.15) is 12.6 Å². The molecule has 1 unspecified atom stereocenters. The van der Waals surface area contributed by atoms with Gasteiger partial charge in [-0.3, -0.25) is 4.79 Å². The maximum atomic E-state index is 10.7. The molecule has 0 spiro atoms. The molecule has 0 bridgehead atoms. The van der Waals surface area contributed by atoms with E-state index in [9.17, 15) is 4.79 Å². The molecule has 4 N–H and O–H groups in total. The second-order valence-electron chi connectivity index (χ2n) is 2.57. The van der Waals surface area contributed by atoms with E-state index in [1.807, 2.05) is 6.92 Å². The lowest BCUT2D eigenvalue weighted by molar-refractivity contribution is -0.122. The Morgan fingerprint density at radius 3 is 2.30 bits per heavy atom. The molecule has 0 radical (unpaired) electrons. The average Bonchev–Trinajstić information content (AvgIpc) is 1.86. The Labute approximate surface area is 66.6 Å². The Morgan fingerprint density at radius 2 is 2.20 bits per heavy atom. The van der Waals surface area contributed by atoms with Crippen molar-refractivity contribution in [3.63, 3.8) is 0 Å². The van der Waals surface area contributed by atoms with Gasteiger partial charge in [0.2, 0.25) is 5.91 Å². The van der Waals surface area contributed by atoms with E-state index in [1.54, 1.807) is 6.92 Å². The van der Waals surface area contributed by atoms with Crippen LogP contribution in [0.5, 0.6) is 0 Å². The van der Waals surface area contributed by atoms with Crippen molar-refractivity contribution in [1.82, 2.24) is 0 Å². The molecule has 0 aliphatic rings. The molecule has 0 aromatic rings. The van der Waals surface area contributed by atoms with Crippen molar-refractivity contribution in [3.05, 3.63) is 0 Å². The Balaban J connectivity index is 4.23. The third-order valence-corrected chi connectivity index (χ3v) is 2.51. The molecular formula is C6H14N2OS. The van der Waals surface area contributed by atoms with Crippen molar-refractivity contribution in [2.45, 2.75) is 31.1 Å². The number of thiol groups is 1. The number of carbonyl (C=O) groups excluding carboxylic acids is 1. The monoisotopic (exact) mass is 162 g/mol. The predicted octanol–water partition coefficient (Wildman–Crippen LogP) is -0.103. The zero-order valence-electron chi connectivity index (χ0n) is 6.29. The second-order valence-corrected chi connectivity index (χ2v) is 3.19. The first-order valence-corrected chi connectivity index (χ1v) is 3.71. The molecule has 0 fully saturated rings. The van der Waals surface area contributed by atoms with Crippen LogP contribution in [-0.4, -0.2) is 16.7 Å². The lowest BCUT2D eigenvalue weighted by atomic mass is 9.96. The third-order valence-electron chi connectivity index (χ3n) is 1.61. The van der Waals surface area contributed by atoms with Crippen LogP contribution in [-0.2, 0) is 4.79 Å². The largest absolute Gasteiger partial charge is 0.368 e. The fourth-order valence-corrected chi connectivity index (χ4v) is 0.715. The van der Waals surface area contributed by atoms with Crippen molar-refractivity contribution in [2.75, 3.05) is 0 Å². The predicted molar refractivity (Wildman–Crippen MR) is 44.9 cm³/mol. The molecule has 0 rings (SSSR count). The quantitative estimate of drug-likeness (QED) is 0.507. The van der Waals surface area contributed by atoms with E-state index < -0.39 is 11.4 Å². The zero-order valence-corrected chi connectivity index (χ0v) is 7.19. The van der Waals surface area contributed by atoms with Gasteiger partial charge in [0.05, 0.1) is 0 Å². The van der Waals surface area contributed by atoms with Gasteiger partial charge in [0, 0.05) is 5.25 Å². The summed E-state index contributed by atoms with van der Waals surface area (Å²) in [5.41, 5.74) is 9.61. The summed E-state index contributed by atoms with van der Waals surface area (Å²) < 4.78 is 0. The number of carbonyl (C=O) groups is 1. The smallest absolute Gasteiger partial charge is 0.238 e. The first kappa shape index (κ1) is 9.78. The lowest BCUT2D eigenvalue weighted by Crippen LogP contribution is -2.55. The molecule has 0 saturated heterocycles. The van der Waals surface area contributed by atoms with Crippen molar-refractivity contribution in [3.8, 4) is 0 Å². The van der Waals surface area contributed by atoms with Crippen molar-refractivity contribution < 1.29 is 4.79 Å². The first-order chi connectivity index (χ1) is 4.42. The van der Waals surface area contributed by atoms with E-state index in [1.165, 1.54) is 0 Å². The van der Waals surface area contributed by atoms with Crippen LogP contribution in [0.15, 0.2) is 0 Å². The summed E-state index contributed by atoms with van der Waals surface area (Å²) in [5, 5.41) is -0.162. The molecule has 0 aromatic heterocycles. The van der Waals surface area contributed by atoms with Crippen LogP contribution in [0, 0.1) is 0 Å². The summed E-state index contributed by atoms with van der Waals surface area (Å²) >= 11 is 4.12. The molecule has 10 heavy (non-hydrogen) atoms. The van der Waals surface area contributed by atoms with Gasteiger partial charge >= 0.3 is 0 Å². The highest BCUT2D eigenvalue weighted by Gasteiger charge is 2.31. The van der Waals surface area contributed by atoms with E-state index in [2.05, 4.69) is 12.6 Å². The van der Waals surface area contributed by atoms with Crippen LogP contribution >= 0.6 is 12.6 Å². The molecule has 4 heteroatoms. The molecule has 0 aliphatic carbocycles. The third kappa shape index (κ3) is 1.88. The molecule has 1 amide bonds. The summed E-state index contributed by atoms with van der Waals surface area (Å²) in [6.07, 6.45) is 0.735. The van der Waals surface area contributed by atoms with Crippen molar-refractivity contribution in [1.29, 1.82) is 0 Å². The Kier molecular flexibility index (Phi) is 3.18. The minimum atomic E-state index is -0.988. The number of rotatable bonds is 3. The highest BCUT2D eigenvalue weighted by Crippen LogP contribution is 2.14. The van der Waals surface area contributed by atoms with E-state index in [4.69, 9.17) is 11.5 Å². The molecule has 60 valence electrons. The number of primary amides is 1. The van der Waals surface area contributed by atoms with Gasteiger partial charge in [-0.15, -0.1) is 0 Å². The normalized spacial score (nSPS) is 19.6. The molecule has 0 aromatic carbocycles. The Hall–Kier alpha value is -0.220. The maximum Gasteiger partial charge on any atom is 0.238 e. The SMILES string of the molecule is CCC(S)[C@@](C)(N)C(N)=O. The first-order valence-electron chi connectivity index (χ1n) is 3.19. The van der Waals surface area contributed by atoms with Gasteiger partial charge in [0.1, 0.15) is 5.54 Å². The van der Waals surface area contributed by atoms with Gasteiger partial charge in [0.15, 0.2) is 0 Å². The topological polar surface area (TPSA) is 69.1 Å². The minimum Gasteiger partial charge on any atom is -0.368 e. The van der Waals surface area contributed by atoms with E-state index in [-0.39, 0.29) is 5.25 Å².